The molecular weight excluding hydrogens is 282 g/mol. The van der Waals surface area contributed by atoms with E-state index in [1.165, 1.54) is 17.5 Å². The molecule has 1 aliphatic rings. The minimum absolute atomic E-state index is 0.450. The number of hydrogen-bond donors (Lipinski definition) is 2. The molecule has 0 aromatic rings. The Morgan fingerprint density at radius 2 is 1.80 bits per heavy atom. The Labute approximate surface area is 120 Å². The summed E-state index contributed by atoms with van der Waals surface area (Å²) >= 11 is 0. The Bertz CT molecular complexity index is 428. The van der Waals surface area contributed by atoms with E-state index < -0.39 is 21.5 Å². The van der Waals surface area contributed by atoms with Crippen molar-refractivity contribution in [3.8, 4) is 0 Å². The third-order valence-corrected chi connectivity index (χ3v) is 5.01. The molecule has 0 bridgehead atoms. The van der Waals surface area contributed by atoms with Crippen LogP contribution in [0.4, 0.5) is 0 Å². The number of carbonyl (C=O) groups is 1. The van der Waals surface area contributed by atoms with Crippen molar-refractivity contribution in [3.63, 3.8) is 0 Å². The van der Waals surface area contributed by atoms with E-state index in [9.17, 15) is 13.2 Å². The Kier molecular flexibility index (Phi) is 5.93. The van der Waals surface area contributed by atoms with Gasteiger partial charge in [0.15, 0.2) is 0 Å². The number of aliphatic carboxylic acids is 1. The summed E-state index contributed by atoms with van der Waals surface area (Å²) in [4.78, 5) is 13.1. The highest BCUT2D eigenvalue weighted by atomic mass is 32.2. The third-order valence-electron chi connectivity index (χ3n) is 3.71. The lowest BCUT2D eigenvalue weighted by molar-refractivity contribution is -0.142. The molecule has 0 amide bonds. The van der Waals surface area contributed by atoms with E-state index in [1.54, 1.807) is 0 Å². The molecule has 0 aromatic carbocycles. The van der Waals surface area contributed by atoms with Crippen LogP contribution in [0, 0.1) is 0 Å². The highest BCUT2D eigenvalue weighted by molar-refractivity contribution is 7.88. The zero-order valence-electron chi connectivity index (χ0n) is 12.2. The molecule has 1 fully saturated rings. The second-order valence-electron chi connectivity index (χ2n) is 5.68. The van der Waals surface area contributed by atoms with Crippen LogP contribution in [0.3, 0.4) is 0 Å². The van der Waals surface area contributed by atoms with Gasteiger partial charge in [-0.25, -0.2) is 8.42 Å². The minimum Gasteiger partial charge on any atom is -0.480 e. The molecule has 0 spiro atoms. The lowest BCUT2D eigenvalue weighted by Gasteiger charge is -2.33. The van der Waals surface area contributed by atoms with Crippen LogP contribution in [0.15, 0.2) is 0 Å². The van der Waals surface area contributed by atoms with Crippen LogP contribution in [0.1, 0.15) is 26.2 Å². The average Bonchev–Trinajstić information content (AvgIpc) is 2.34. The molecule has 118 valence electrons. The molecule has 20 heavy (non-hydrogen) atoms. The quantitative estimate of drug-likeness (QED) is 0.617. The molecule has 0 aromatic heterocycles. The molecule has 1 unspecified atom stereocenters. The number of hydrogen-bond acceptors (Lipinski definition) is 5. The fraction of sp³-hybridized carbons (Fsp3) is 0.917. The van der Waals surface area contributed by atoms with Crippen LogP contribution in [0.25, 0.3) is 0 Å². The molecule has 0 radical (unpaired) electrons. The molecule has 1 atom stereocenters. The smallest absolute Gasteiger partial charge is 0.323 e. The largest absolute Gasteiger partial charge is 0.480 e. The maximum absolute atomic E-state index is 11.4. The van der Waals surface area contributed by atoms with Crippen LogP contribution >= 0.6 is 0 Å². The predicted octanol–water partition coefficient (Wildman–Crippen LogP) is -0.464. The highest BCUT2D eigenvalue weighted by Gasteiger charge is 2.27. The first kappa shape index (κ1) is 17.4. The number of unbranched alkanes of at least 4 members (excludes halogenated alkanes) is 1. The summed E-state index contributed by atoms with van der Waals surface area (Å²) < 4.78 is 24.2. The SMILES string of the molecule is CC(N)(CCCCN1CCN(S(C)(=O)=O)CC1)C(=O)O. The molecule has 1 heterocycles. The first-order valence-corrected chi connectivity index (χ1v) is 8.67. The van der Waals surface area contributed by atoms with E-state index in [0.29, 0.717) is 19.5 Å². The van der Waals surface area contributed by atoms with Gasteiger partial charge in [0, 0.05) is 26.2 Å². The molecule has 0 saturated carbocycles. The van der Waals surface area contributed by atoms with Gasteiger partial charge in [0.2, 0.25) is 10.0 Å². The van der Waals surface area contributed by atoms with E-state index in [2.05, 4.69) is 4.90 Å². The standard InChI is InChI=1S/C12H25N3O4S/c1-12(13,11(16)17)5-3-4-6-14-7-9-15(10-8-14)20(2,18)19/h3-10,13H2,1-2H3,(H,16,17). The van der Waals surface area contributed by atoms with Gasteiger partial charge in [-0.15, -0.1) is 0 Å². The Balaban J connectivity index is 2.21. The van der Waals surface area contributed by atoms with Gasteiger partial charge in [-0.2, -0.15) is 4.31 Å². The molecular formula is C12H25N3O4S. The van der Waals surface area contributed by atoms with Crippen molar-refractivity contribution in [3.05, 3.63) is 0 Å². The van der Waals surface area contributed by atoms with Crippen LogP contribution in [0.5, 0.6) is 0 Å². The van der Waals surface area contributed by atoms with Crippen molar-refractivity contribution < 1.29 is 18.3 Å². The van der Waals surface area contributed by atoms with Crippen molar-refractivity contribution >= 4 is 16.0 Å². The van der Waals surface area contributed by atoms with Crippen LogP contribution in [-0.4, -0.2) is 73.2 Å². The number of nitrogens with zero attached hydrogens (tertiary/aromatic N) is 2. The maximum Gasteiger partial charge on any atom is 0.323 e. The number of piperazine rings is 1. The molecule has 3 N–H and O–H groups in total. The van der Waals surface area contributed by atoms with Gasteiger partial charge in [0.1, 0.15) is 5.54 Å². The summed E-state index contributed by atoms with van der Waals surface area (Å²) in [7, 11) is -3.08. The van der Waals surface area contributed by atoms with Gasteiger partial charge in [-0.05, 0) is 32.7 Å². The van der Waals surface area contributed by atoms with E-state index in [-0.39, 0.29) is 0 Å². The van der Waals surface area contributed by atoms with Crippen molar-refractivity contribution in [1.29, 1.82) is 0 Å². The molecule has 8 heteroatoms. The van der Waals surface area contributed by atoms with Crippen molar-refractivity contribution in [2.24, 2.45) is 5.73 Å². The fourth-order valence-electron chi connectivity index (χ4n) is 2.22. The van der Waals surface area contributed by atoms with Crippen LogP contribution in [-0.2, 0) is 14.8 Å². The molecule has 1 rings (SSSR count). The minimum atomic E-state index is -3.08. The summed E-state index contributed by atoms with van der Waals surface area (Å²) in [6.45, 7) is 4.90. The zero-order chi connectivity index (χ0) is 15.4. The van der Waals surface area contributed by atoms with Crippen molar-refractivity contribution in [2.75, 3.05) is 39.0 Å². The predicted molar refractivity (Wildman–Crippen MR) is 76.9 cm³/mol. The number of sulfonamides is 1. The normalized spacial score (nSPS) is 21.6. The monoisotopic (exact) mass is 307 g/mol. The summed E-state index contributed by atoms with van der Waals surface area (Å²) in [6.07, 6.45) is 3.31. The first-order valence-electron chi connectivity index (χ1n) is 6.83. The molecule has 1 aliphatic heterocycles. The Morgan fingerprint density at radius 1 is 1.25 bits per heavy atom. The average molecular weight is 307 g/mol. The van der Waals surface area contributed by atoms with Gasteiger partial charge < -0.3 is 15.7 Å². The van der Waals surface area contributed by atoms with Crippen molar-refractivity contribution in [1.82, 2.24) is 9.21 Å². The molecule has 1 saturated heterocycles. The van der Waals surface area contributed by atoms with Crippen LogP contribution in [0.2, 0.25) is 0 Å². The summed E-state index contributed by atoms with van der Waals surface area (Å²) in [6, 6.07) is 0. The van der Waals surface area contributed by atoms with Crippen molar-refractivity contribution in [2.45, 2.75) is 31.7 Å². The number of nitrogens with two attached hydrogens (primary N) is 1. The van der Waals surface area contributed by atoms with Crippen LogP contribution < -0.4 is 5.73 Å². The fourth-order valence-corrected chi connectivity index (χ4v) is 3.05. The highest BCUT2D eigenvalue weighted by Crippen LogP contribution is 2.12. The first-order chi connectivity index (χ1) is 9.13. The van der Waals surface area contributed by atoms with Gasteiger partial charge in [-0.3, -0.25) is 4.79 Å². The zero-order valence-corrected chi connectivity index (χ0v) is 13.0. The molecule has 0 aliphatic carbocycles. The third kappa shape index (κ3) is 5.35. The lowest BCUT2D eigenvalue weighted by Crippen LogP contribution is -2.48. The Morgan fingerprint density at radius 3 is 2.25 bits per heavy atom. The summed E-state index contributed by atoms with van der Waals surface area (Å²) in [5.74, 6) is -0.973. The Hall–Kier alpha value is -0.700. The number of carboxylic acids is 1. The van der Waals surface area contributed by atoms with E-state index in [0.717, 1.165) is 32.5 Å². The second kappa shape index (κ2) is 6.84. The van der Waals surface area contributed by atoms with Gasteiger partial charge in [0.05, 0.1) is 6.26 Å². The van der Waals surface area contributed by atoms with E-state index in [4.69, 9.17) is 10.8 Å². The number of rotatable bonds is 7. The van der Waals surface area contributed by atoms with Gasteiger partial charge in [0.25, 0.3) is 0 Å². The maximum atomic E-state index is 11.4. The van der Waals surface area contributed by atoms with E-state index >= 15 is 0 Å². The summed E-state index contributed by atoms with van der Waals surface area (Å²) in [5, 5.41) is 8.90. The second-order valence-corrected chi connectivity index (χ2v) is 7.67. The van der Waals surface area contributed by atoms with Gasteiger partial charge >= 0.3 is 5.97 Å². The summed E-state index contributed by atoms with van der Waals surface area (Å²) in [5.41, 5.74) is 4.50. The number of carboxylic acid groups (broad SMARTS) is 1. The topological polar surface area (TPSA) is 104 Å². The van der Waals surface area contributed by atoms with Gasteiger partial charge in [-0.1, -0.05) is 0 Å². The lowest BCUT2D eigenvalue weighted by atomic mass is 9.96. The molecule has 7 nitrogen and oxygen atoms in total. The van der Waals surface area contributed by atoms with E-state index in [1.807, 2.05) is 0 Å².